The van der Waals surface area contributed by atoms with Crippen LogP contribution in [0.1, 0.15) is 19.4 Å². The number of carbonyl (C=O) groups excluding carboxylic acids is 1. The van der Waals surface area contributed by atoms with Crippen molar-refractivity contribution in [3.63, 3.8) is 0 Å². The fraction of sp³-hybridized carbons (Fsp3) is 0.143. The van der Waals surface area contributed by atoms with E-state index in [4.69, 9.17) is 18.9 Å². The Morgan fingerprint density at radius 2 is 1.83 bits per heavy atom. The molecule has 2 heterocycles. The molecule has 0 radical (unpaired) electrons. The smallest absolute Gasteiger partial charge is 0.347 e. The van der Waals surface area contributed by atoms with Crippen LogP contribution >= 0.6 is 0 Å². The van der Waals surface area contributed by atoms with Crippen LogP contribution in [0.3, 0.4) is 0 Å². The fourth-order valence-corrected chi connectivity index (χ4v) is 3.80. The zero-order chi connectivity index (χ0) is 25.1. The van der Waals surface area contributed by atoms with Gasteiger partial charge in [0.1, 0.15) is 11.3 Å². The molecule has 0 amide bonds. The quantitative estimate of drug-likeness (QED) is 0.239. The molecule has 0 bridgehead atoms. The predicted octanol–water partition coefficient (Wildman–Crippen LogP) is 5.02. The van der Waals surface area contributed by atoms with E-state index in [1.54, 1.807) is 50.2 Å². The second-order valence-corrected chi connectivity index (χ2v) is 8.01. The van der Waals surface area contributed by atoms with Crippen LogP contribution in [0.15, 0.2) is 93.2 Å². The molecule has 0 N–H and O–H groups in total. The minimum Gasteiger partial charge on any atom is -0.478 e. The fourth-order valence-electron chi connectivity index (χ4n) is 3.80. The van der Waals surface area contributed by atoms with E-state index < -0.39 is 12.1 Å². The predicted molar refractivity (Wildman–Crippen MR) is 137 cm³/mol. The maximum atomic E-state index is 13.5. The number of hydrogen-bond acceptors (Lipinski definition) is 7. The van der Waals surface area contributed by atoms with Gasteiger partial charge < -0.3 is 13.9 Å². The number of benzene rings is 3. The van der Waals surface area contributed by atoms with Crippen molar-refractivity contribution < 1.29 is 18.7 Å². The third-order valence-corrected chi connectivity index (χ3v) is 5.55. The molecule has 2 aromatic heterocycles. The first kappa shape index (κ1) is 23.0. The van der Waals surface area contributed by atoms with E-state index in [9.17, 15) is 9.59 Å². The van der Waals surface area contributed by atoms with Crippen LogP contribution in [0.25, 0.3) is 33.5 Å². The molecule has 0 unspecified atom stereocenters. The molecule has 0 saturated carbocycles. The molecule has 0 saturated heterocycles. The molecule has 0 aliphatic carbocycles. The summed E-state index contributed by atoms with van der Waals surface area (Å²) in [7, 11) is 0. The average Bonchev–Trinajstić information content (AvgIpc) is 3.33. The number of fused-ring (bicyclic) bond motifs is 2. The Kier molecular flexibility index (Phi) is 6.32. The van der Waals surface area contributed by atoms with Gasteiger partial charge in [0.25, 0.3) is 5.56 Å². The normalized spacial score (nSPS) is 12.3. The summed E-state index contributed by atoms with van der Waals surface area (Å²) in [4.78, 5) is 30.2. The molecule has 8 nitrogen and oxygen atoms in total. The highest BCUT2D eigenvalue weighted by Crippen LogP contribution is 2.27. The van der Waals surface area contributed by atoms with Gasteiger partial charge in [0.15, 0.2) is 11.9 Å². The van der Waals surface area contributed by atoms with Crippen LogP contribution in [0.5, 0.6) is 5.75 Å². The van der Waals surface area contributed by atoms with E-state index in [1.807, 2.05) is 42.5 Å². The number of para-hydroxylation sites is 3. The van der Waals surface area contributed by atoms with E-state index in [1.165, 1.54) is 10.9 Å². The minimum absolute atomic E-state index is 0.262. The molecule has 3 aromatic carbocycles. The summed E-state index contributed by atoms with van der Waals surface area (Å²) in [5.74, 6) is 0.640. The molecule has 0 spiro atoms. The molecule has 1 atom stereocenters. The zero-order valence-electron chi connectivity index (χ0n) is 19.8. The van der Waals surface area contributed by atoms with Crippen LogP contribution in [-0.4, -0.2) is 34.6 Å². The Morgan fingerprint density at radius 3 is 2.67 bits per heavy atom. The third-order valence-electron chi connectivity index (χ3n) is 5.55. The number of carbonyl (C=O) groups is 1. The molecule has 0 fully saturated rings. The van der Waals surface area contributed by atoms with Crippen molar-refractivity contribution >= 4 is 34.1 Å². The molecule has 8 heteroatoms. The monoisotopic (exact) mass is 481 g/mol. The topological polar surface area (TPSA) is 95.9 Å². The lowest BCUT2D eigenvalue weighted by Crippen LogP contribution is -2.26. The Bertz CT molecular complexity index is 1620. The highest BCUT2D eigenvalue weighted by atomic mass is 16.6. The van der Waals surface area contributed by atoms with Gasteiger partial charge in [-0.25, -0.2) is 9.78 Å². The lowest BCUT2D eigenvalue weighted by atomic mass is 10.2. The van der Waals surface area contributed by atoms with E-state index in [0.29, 0.717) is 33.6 Å². The van der Waals surface area contributed by atoms with E-state index in [-0.39, 0.29) is 18.0 Å². The van der Waals surface area contributed by atoms with Gasteiger partial charge in [-0.2, -0.15) is 9.78 Å². The number of nitrogens with zero attached hydrogens (tertiary/aromatic N) is 3. The summed E-state index contributed by atoms with van der Waals surface area (Å²) in [6, 6.07) is 23.6. The van der Waals surface area contributed by atoms with Crippen LogP contribution in [-0.2, 0) is 9.53 Å². The van der Waals surface area contributed by atoms with Crippen molar-refractivity contribution in [2.75, 3.05) is 6.61 Å². The van der Waals surface area contributed by atoms with Gasteiger partial charge in [-0.15, -0.1) is 0 Å². The molecule has 0 aliphatic rings. The van der Waals surface area contributed by atoms with Crippen molar-refractivity contribution in [3.8, 4) is 17.3 Å². The summed E-state index contributed by atoms with van der Waals surface area (Å²) in [5.41, 5.74) is 1.45. The first-order chi connectivity index (χ1) is 17.5. The lowest BCUT2D eigenvalue weighted by molar-refractivity contribution is -0.150. The van der Waals surface area contributed by atoms with E-state index in [2.05, 4.69) is 5.10 Å². The maximum absolute atomic E-state index is 13.5. The Labute approximate surface area is 206 Å². The molecular formula is C28H23N3O5. The summed E-state index contributed by atoms with van der Waals surface area (Å²) < 4.78 is 18.1. The maximum Gasteiger partial charge on any atom is 0.347 e. The number of furan rings is 1. The molecule has 5 aromatic rings. The summed E-state index contributed by atoms with van der Waals surface area (Å²) in [6.45, 7) is 3.61. The number of aromatic nitrogens is 2. The van der Waals surface area contributed by atoms with Gasteiger partial charge in [0, 0.05) is 10.9 Å². The van der Waals surface area contributed by atoms with Crippen LogP contribution < -0.4 is 10.3 Å². The average molecular weight is 482 g/mol. The highest BCUT2D eigenvalue weighted by Gasteiger charge is 2.18. The number of ether oxygens (including phenoxy) is 2. The second-order valence-electron chi connectivity index (χ2n) is 8.01. The van der Waals surface area contributed by atoms with Gasteiger partial charge in [-0.1, -0.05) is 42.5 Å². The molecule has 0 aliphatic heterocycles. The SMILES string of the molecule is CCOC(=O)[C@H](C)Oc1ccccc1C=Nn1c(-c2cc3ccccc3o2)nc2ccccc2c1=O. The molecule has 5 rings (SSSR count). The van der Waals surface area contributed by atoms with Crippen molar-refractivity contribution in [3.05, 3.63) is 94.8 Å². The molecule has 36 heavy (non-hydrogen) atoms. The Morgan fingerprint density at radius 1 is 1.08 bits per heavy atom. The first-order valence-electron chi connectivity index (χ1n) is 11.5. The van der Waals surface area contributed by atoms with Gasteiger partial charge in [0.05, 0.1) is 23.7 Å². The largest absolute Gasteiger partial charge is 0.478 e. The van der Waals surface area contributed by atoms with Gasteiger partial charge >= 0.3 is 5.97 Å². The van der Waals surface area contributed by atoms with Crippen LogP contribution in [0.4, 0.5) is 0 Å². The number of esters is 1. The standard InChI is InChI=1S/C28H23N3O5/c1-3-34-28(33)18(2)35-24-15-9-5-11-20(24)17-29-31-26(25-16-19-10-4-8-14-23(19)36-25)30-22-13-7-6-12-21(22)27(31)32/h4-18H,3H2,1-2H3/t18-/m0/s1. The summed E-state index contributed by atoms with van der Waals surface area (Å²) >= 11 is 0. The van der Waals surface area contributed by atoms with Crippen LogP contribution in [0, 0.1) is 0 Å². The van der Waals surface area contributed by atoms with Gasteiger partial charge in [-0.3, -0.25) is 4.79 Å². The highest BCUT2D eigenvalue weighted by molar-refractivity contribution is 5.86. The van der Waals surface area contributed by atoms with Gasteiger partial charge in [0.2, 0.25) is 5.82 Å². The van der Waals surface area contributed by atoms with Crippen LogP contribution in [0.2, 0.25) is 0 Å². The lowest BCUT2D eigenvalue weighted by Gasteiger charge is -2.15. The Balaban J connectivity index is 1.60. The Hall–Kier alpha value is -4.72. The van der Waals surface area contributed by atoms with E-state index in [0.717, 1.165) is 5.39 Å². The van der Waals surface area contributed by atoms with Crippen molar-refractivity contribution in [1.82, 2.24) is 9.66 Å². The minimum atomic E-state index is -0.810. The number of hydrogen-bond donors (Lipinski definition) is 0. The van der Waals surface area contributed by atoms with E-state index >= 15 is 0 Å². The molecular weight excluding hydrogens is 458 g/mol. The molecule has 180 valence electrons. The van der Waals surface area contributed by atoms with Crippen molar-refractivity contribution in [2.24, 2.45) is 5.10 Å². The first-order valence-corrected chi connectivity index (χ1v) is 11.5. The van der Waals surface area contributed by atoms with Crippen molar-refractivity contribution in [1.29, 1.82) is 0 Å². The zero-order valence-corrected chi connectivity index (χ0v) is 19.8. The third kappa shape index (κ3) is 4.48. The number of rotatable bonds is 7. The van der Waals surface area contributed by atoms with Gasteiger partial charge in [-0.05, 0) is 50.2 Å². The van der Waals surface area contributed by atoms with Crippen molar-refractivity contribution in [2.45, 2.75) is 20.0 Å². The summed E-state index contributed by atoms with van der Waals surface area (Å²) in [6.07, 6.45) is 0.688. The second kappa shape index (κ2) is 9.87. The summed E-state index contributed by atoms with van der Waals surface area (Å²) in [5, 5.41) is 5.79.